The van der Waals surface area contributed by atoms with Crippen molar-refractivity contribution in [2.45, 2.75) is 12.5 Å². The Hall–Kier alpha value is -2.91. The van der Waals surface area contributed by atoms with Crippen LogP contribution >= 0.6 is 0 Å². The van der Waals surface area contributed by atoms with Gasteiger partial charge < -0.3 is 10.2 Å². The lowest BCUT2D eigenvalue weighted by Crippen LogP contribution is -2.49. The Balaban J connectivity index is 3.01. The lowest BCUT2D eigenvalue weighted by atomic mass is 10.1. The maximum absolute atomic E-state index is 10.9. The Labute approximate surface area is 105 Å². The zero-order chi connectivity index (χ0) is 14.6. The number of carboxylic acid groups (broad SMARTS) is 1. The maximum atomic E-state index is 10.9. The number of phenolic OH excluding ortho intramolecular Hbond substituents is 1. The third-order valence-electron chi connectivity index (χ3n) is 2.26. The van der Waals surface area contributed by atoms with Crippen molar-refractivity contribution in [1.82, 2.24) is 5.12 Å². The third kappa shape index (κ3) is 3.52. The molecule has 1 aromatic carbocycles. The van der Waals surface area contributed by atoms with Gasteiger partial charge in [-0.2, -0.15) is 0 Å². The van der Waals surface area contributed by atoms with E-state index in [0.29, 0.717) is 5.56 Å². The van der Waals surface area contributed by atoms with E-state index in [0.717, 1.165) is 0 Å². The Morgan fingerprint density at radius 1 is 1.21 bits per heavy atom. The summed E-state index contributed by atoms with van der Waals surface area (Å²) in [6.07, 6.45) is -0.447. The van der Waals surface area contributed by atoms with Gasteiger partial charge in [-0.05, 0) is 17.7 Å². The number of phenols is 1. The molecule has 0 saturated carbocycles. The molecular formula is C9H9N3O7. The van der Waals surface area contributed by atoms with E-state index in [9.17, 15) is 25.0 Å². The minimum Gasteiger partial charge on any atom is -0.508 e. The number of carbonyl (C=O) groups is 1. The van der Waals surface area contributed by atoms with Gasteiger partial charge in [0, 0.05) is 6.42 Å². The average molecular weight is 271 g/mol. The molecule has 19 heavy (non-hydrogen) atoms. The molecule has 0 amide bonds. The number of aliphatic carboxylic acids is 1. The summed E-state index contributed by atoms with van der Waals surface area (Å²) in [6, 6.07) is 3.19. The van der Waals surface area contributed by atoms with E-state index in [-0.39, 0.29) is 5.75 Å². The van der Waals surface area contributed by atoms with Gasteiger partial charge in [-0.15, -0.1) is 0 Å². The van der Waals surface area contributed by atoms with Gasteiger partial charge in [0.2, 0.25) is 10.1 Å². The molecule has 0 aliphatic heterocycles. The average Bonchev–Trinajstić information content (AvgIpc) is 2.29. The molecule has 0 aliphatic rings. The molecule has 10 nitrogen and oxygen atoms in total. The molecule has 10 heteroatoms. The summed E-state index contributed by atoms with van der Waals surface area (Å²) in [7, 11) is 0. The number of rotatable bonds is 6. The van der Waals surface area contributed by atoms with Crippen LogP contribution in [0.3, 0.4) is 0 Å². The standard InChI is InChI=1S/C9H9N3O7/c13-7-3-1-6(2-4-7)5-8(9(14)15)10(11(16)17)12(18)19/h1-4,8,13H,5H2,(H,14,15). The predicted molar refractivity (Wildman–Crippen MR) is 59.1 cm³/mol. The zero-order valence-corrected chi connectivity index (χ0v) is 9.37. The van der Waals surface area contributed by atoms with Gasteiger partial charge in [-0.1, -0.05) is 12.1 Å². The van der Waals surface area contributed by atoms with Gasteiger partial charge in [0.25, 0.3) is 6.04 Å². The molecule has 0 heterocycles. The third-order valence-corrected chi connectivity index (χ3v) is 2.26. The predicted octanol–water partition coefficient (Wildman–Crippen LogP) is 0.0733. The fourth-order valence-electron chi connectivity index (χ4n) is 1.41. The van der Waals surface area contributed by atoms with Crippen molar-refractivity contribution >= 4 is 5.97 Å². The lowest BCUT2D eigenvalue weighted by Gasteiger charge is -2.12. The first-order chi connectivity index (χ1) is 8.82. The number of hydrogen-bond acceptors (Lipinski definition) is 6. The van der Waals surface area contributed by atoms with E-state index < -0.39 is 33.6 Å². The molecule has 1 aromatic rings. The summed E-state index contributed by atoms with van der Waals surface area (Å²) in [5.74, 6) is -1.77. The number of carboxylic acids is 1. The molecule has 102 valence electrons. The zero-order valence-electron chi connectivity index (χ0n) is 9.37. The van der Waals surface area contributed by atoms with Crippen LogP contribution in [0.5, 0.6) is 5.75 Å². The second-order valence-electron chi connectivity index (χ2n) is 3.52. The van der Waals surface area contributed by atoms with Crippen LogP contribution < -0.4 is 0 Å². The molecule has 0 fully saturated rings. The Morgan fingerprint density at radius 3 is 2.05 bits per heavy atom. The van der Waals surface area contributed by atoms with Crippen LogP contribution in [-0.4, -0.2) is 37.4 Å². The quantitative estimate of drug-likeness (QED) is 0.545. The summed E-state index contributed by atoms with van der Waals surface area (Å²) in [4.78, 5) is 32.0. The van der Waals surface area contributed by atoms with E-state index in [1.807, 2.05) is 0 Å². The summed E-state index contributed by atoms with van der Waals surface area (Å²) < 4.78 is 0. The fourth-order valence-corrected chi connectivity index (χ4v) is 1.41. The van der Waals surface area contributed by atoms with E-state index >= 15 is 0 Å². The summed E-state index contributed by atoms with van der Waals surface area (Å²) in [6.45, 7) is 0. The van der Waals surface area contributed by atoms with Crippen LogP contribution in [0.1, 0.15) is 5.56 Å². The number of hydrogen-bond donors (Lipinski definition) is 2. The van der Waals surface area contributed by atoms with Gasteiger partial charge in [-0.3, -0.25) is 0 Å². The number of benzene rings is 1. The van der Waals surface area contributed by atoms with Crippen molar-refractivity contribution in [2.24, 2.45) is 0 Å². The van der Waals surface area contributed by atoms with Crippen LogP contribution in [0.4, 0.5) is 0 Å². The highest BCUT2D eigenvalue weighted by molar-refractivity contribution is 5.73. The van der Waals surface area contributed by atoms with Crippen molar-refractivity contribution in [3.05, 3.63) is 50.1 Å². The number of nitrogens with zero attached hydrogens (tertiary/aromatic N) is 3. The normalized spacial score (nSPS) is 11.6. The van der Waals surface area contributed by atoms with Gasteiger partial charge in [0.05, 0.1) is 0 Å². The van der Waals surface area contributed by atoms with Crippen LogP contribution in [0.15, 0.2) is 24.3 Å². The van der Waals surface area contributed by atoms with E-state index in [2.05, 4.69) is 0 Å². The molecular weight excluding hydrogens is 262 g/mol. The first-order valence-corrected chi connectivity index (χ1v) is 4.91. The van der Waals surface area contributed by atoms with Gasteiger partial charge in [0.15, 0.2) is 5.12 Å². The van der Waals surface area contributed by atoms with Crippen LogP contribution in [0.2, 0.25) is 0 Å². The topological polar surface area (TPSA) is 147 Å². The molecule has 0 spiro atoms. The van der Waals surface area contributed by atoms with Crippen molar-refractivity contribution in [2.75, 3.05) is 0 Å². The summed E-state index contributed by atoms with van der Waals surface area (Å²) in [5, 5.41) is 35.6. The van der Waals surface area contributed by atoms with E-state index in [4.69, 9.17) is 10.2 Å². The highest BCUT2D eigenvalue weighted by Crippen LogP contribution is 2.14. The smallest absolute Gasteiger partial charge is 0.339 e. The number of aromatic hydroxyl groups is 1. The minimum atomic E-state index is -1.95. The second kappa shape index (κ2) is 5.62. The Kier molecular flexibility index (Phi) is 4.19. The van der Waals surface area contributed by atoms with Gasteiger partial charge in [0.1, 0.15) is 5.75 Å². The Bertz CT molecular complexity index is 487. The first kappa shape index (κ1) is 14.2. The first-order valence-electron chi connectivity index (χ1n) is 4.91. The van der Waals surface area contributed by atoms with Crippen molar-refractivity contribution in [1.29, 1.82) is 0 Å². The molecule has 0 bridgehead atoms. The Morgan fingerprint density at radius 2 is 1.68 bits per heavy atom. The number of hydrazine groups is 2. The molecule has 1 atom stereocenters. The minimum absolute atomic E-state index is 0.0731. The summed E-state index contributed by atoms with van der Waals surface area (Å²) in [5.41, 5.74) is 0.305. The van der Waals surface area contributed by atoms with Crippen molar-refractivity contribution in [3.8, 4) is 5.75 Å². The number of nitro groups is 2. The van der Waals surface area contributed by atoms with Gasteiger partial charge in [-0.25, -0.2) is 25.0 Å². The second-order valence-corrected chi connectivity index (χ2v) is 3.52. The largest absolute Gasteiger partial charge is 0.508 e. The highest BCUT2D eigenvalue weighted by Gasteiger charge is 2.43. The van der Waals surface area contributed by atoms with Crippen LogP contribution in [0, 0.1) is 20.2 Å². The molecule has 0 saturated heterocycles. The molecule has 0 aliphatic carbocycles. The highest BCUT2D eigenvalue weighted by atomic mass is 16.8. The molecule has 2 N–H and O–H groups in total. The van der Waals surface area contributed by atoms with Gasteiger partial charge >= 0.3 is 5.97 Å². The molecule has 1 unspecified atom stereocenters. The monoisotopic (exact) mass is 271 g/mol. The van der Waals surface area contributed by atoms with Crippen LogP contribution in [-0.2, 0) is 11.2 Å². The SMILES string of the molecule is O=C(O)C(Cc1ccc(O)cc1)N([N+](=O)[O-])[N+](=O)[O-]. The van der Waals surface area contributed by atoms with E-state index in [1.54, 1.807) is 0 Å². The molecule has 0 radical (unpaired) electrons. The molecule has 1 rings (SSSR count). The summed E-state index contributed by atoms with van der Waals surface area (Å²) >= 11 is 0. The van der Waals surface area contributed by atoms with Crippen molar-refractivity contribution < 1.29 is 25.1 Å². The van der Waals surface area contributed by atoms with Crippen LogP contribution in [0.25, 0.3) is 0 Å². The van der Waals surface area contributed by atoms with Crippen molar-refractivity contribution in [3.63, 3.8) is 0 Å². The molecule has 0 aromatic heterocycles. The lowest BCUT2D eigenvalue weighted by molar-refractivity contribution is -0.912. The fraction of sp³-hybridized carbons (Fsp3) is 0.222. The van der Waals surface area contributed by atoms with E-state index in [1.165, 1.54) is 24.3 Å². The maximum Gasteiger partial charge on any atom is 0.339 e.